The van der Waals surface area contributed by atoms with Crippen LogP contribution in [0.1, 0.15) is 24.2 Å². The van der Waals surface area contributed by atoms with Gasteiger partial charge in [0.2, 0.25) is 0 Å². The Labute approximate surface area is 160 Å². The zero-order chi connectivity index (χ0) is 20.8. The molecule has 0 spiro atoms. The van der Waals surface area contributed by atoms with E-state index in [1.54, 1.807) is 6.92 Å². The van der Waals surface area contributed by atoms with Crippen molar-refractivity contribution in [1.82, 2.24) is 5.32 Å². The third-order valence-corrected chi connectivity index (χ3v) is 4.26. The molecule has 2 atom stereocenters. The molecule has 0 radical (unpaired) electrons. The average Bonchev–Trinajstić information content (AvgIpc) is 2.66. The summed E-state index contributed by atoms with van der Waals surface area (Å²) in [6, 6.07) is -0.255. The maximum Gasteiger partial charge on any atom is 0.341 e. The Morgan fingerprint density at radius 3 is 2.54 bits per heavy atom. The average molecular weight is 404 g/mol. The van der Waals surface area contributed by atoms with E-state index in [0.29, 0.717) is 6.07 Å². The predicted octanol–water partition coefficient (Wildman–Crippen LogP) is 1.64. The summed E-state index contributed by atoms with van der Waals surface area (Å²) < 4.78 is 58.6. The van der Waals surface area contributed by atoms with E-state index in [9.17, 15) is 22.8 Å². The number of nitrogens with one attached hydrogen (secondary N) is 1. The Bertz CT molecular complexity index is 732. The van der Waals surface area contributed by atoms with Crippen LogP contribution in [0.3, 0.4) is 0 Å². The second-order valence-corrected chi connectivity index (χ2v) is 5.98. The monoisotopic (exact) mass is 404 g/mol. The Balaban J connectivity index is 2.30. The minimum Gasteiger partial charge on any atom is -0.465 e. The van der Waals surface area contributed by atoms with Crippen molar-refractivity contribution in [2.24, 2.45) is 0 Å². The van der Waals surface area contributed by atoms with Gasteiger partial charge in [0.15, 0.2) is 17.5 Å². The van der Waals surface area contributed by atoms with Crippen molar-refractivity contribution in [3.63, 3.8) is 0 Å². The van der Waals surface area contributed by atoms with E-state index in [1.165, 1.54) is 18.9 Å². The van der Waals surface area contributed by atoms with Gasteiger partial charge in [0.25, 0.3) is 0 Å². The largest absolute Gasteiger partial charge is 0.465 e. The molecule has 2 rings (SSSR count). The number of hydrogen-bond acceptors (Lipinski definition) is 7. The summed E-state index contributed by atoms with van der Waals surface area (Å²) in [6.45, 7) is 3.29. The van der Waals surface area contributed by atoms with Crippen LogP contribution in [0, 0.1) is 17.5 Å². The number of benzene rings is 1. The van der Waals surface area contributed by atoms with Gasteiger partial charge in [0, 0.05) is 13.1 Å². The number of likely N-dealkylation sites (N-methyl/N-ethyl adjacent to an activating group) is 1. The van der Waals surface area contributed by atoms with Crippen molar-refractivity contribution in [3.05, 3.63) is 29.1 Å². The van der Waals surface area contributed by atoms with Gasteiger partial charge in [-0.05, 0) is 27.0 Å². The highest BCUT2D eigenvalue weighted by molar-refractivity contribution is 5.90. The van der Waals surface area contributed by atoms with Gasteiger partial charge in [-0.2, -0.15) is 0 Å². The molecule has 1 aromatic carbocycles. The summed E-state index contributed by atoms with van der Waals surface area (Å²) in [7, 11) is 1.53. The SMILES string of the molecule is CCOC(=O)c1cc(F)c(N2CCOC(C(NC)C(=O)OCC)C2)c(F)c1F. The minimum absolute atomic E-state index is 0.0579. The predicted molar refractivity (Wildman–Crippen MR) is 93.7 cm³/mol. The molecule has 7 nitrogen and oxygen atoms in total. The molecule has 1 aliphatic heterocycles. The van der Waals surface area contributed by atoms with Gasteiger partial charge in [-0.3, -0.25) is 4.79 Å². The van der Waals surface area contributed by atoms with Gasteiger partial charge in [0.05, 0.1) is 19.8 Å². The Morgan fingerprint density at radius 2 is 1.93 bits per heavy atom. The Morgan fingerprint density at radius 1 is 1.25 bits per heavy atom. The smallest absolute Gasteiger partial charge is 0.341 e. The maximum atomic E-state index is 14.6. The fourth-order valence-electron chi connectivity index (χ4n) is 3.00. The summed E-state index contributed by atoms with van der Waals surface area (Å²) in [5.41, 5.74) is -1.44. The number of ether oxygens (including phenoxy) is 3. The lowest BCUT2D eigenvalue weighted by atomic mass is 10.1. The number of hydrogen-bond donors (Lipinski definition) is 1. The summed E-state index contributed by atoms with van der Waals surface area (Å²) in [5, 5.41) is 2.76. The van der Waals surface area contributed by atoms with E-state index in [1.807, 2.05) is 0 Å². The van der Waals surface area contributed by atoms with Crippen molar-refractivity contribution in [1.29, 1.82) is 0 Å². The number of carbonyl (C=O) groups is 2. The van der Waals surface area contributed by atoms with Crippen molar-refractivity contribution in [3.8, 4) is 0 Å². The second kappa shape index (κ2) is 9.74. The van der Waals surface area contributed by atoms with Crippen LogP contribution in [0.15, 0.2) is 6.07 Å². The molecule has 1 heterocycles. The number of anilines is 1. The van der Waals surface area contributed by atoms with E-state index < -0.39 is 52.8 Å². The van der Waals surface area contributed by atoms with Crippen LogP contribution in [0.2, 0.25) is 0 Å². The van der Waals surface area contributed by atoms with Gasteiger partial charge in [-0.1, -0.05) is 0 Å². The van der Waals surface area contributed by atoms with Crippen LogP contribution in [0.4, 0.5) is 18.9 Å². The fourth-order valence-corrected chi connectivity index (χ4v) is 3.00. The molecular formula is C18H23F3N2O5. The third-order valence-electron chi connectivity index (χ3n) is 4.26. The molecule has 1 fully saturated rings. The highest BCUT2D eigenvalue weighted by atomic mass is 19.2. The Kier molecular flexibility index (Phi) is 7.64. The molecule has 28 heavy (non-hydrogen) atoms. The van der Waals surface area contributed by atoms with E-state index in [2.05, 4.69) is 10.1 Å². The maximum absolute atomic E-state index is 14.6. The topological polar surface area (TPSA) is 77.1 Å². The van der Waals surface area contributed by atoms with Crippen LogP contribution >= 0.6 is 0 Å². The van der Waals surface area contributed by atoms with Gasteiger partial charge in [-0.15, -0.1) is 0 Å². The Hall–Kier alpha value is -2.33. The number of morpholine rings is 1. The van der Waals surface area contributed by atoms with Gasteiger partial charge in [0.1, 0.15) is 23.4 Å². The van der Waals surface area contributed by atoms with Crippen molar-refractivity contribution in [2.75, 3.05) is 44.9 Å². The molecule has 10 heteroatoms. The lowest BCUT2D eigenvalue weighted by Gasteiger charge is -2.37. The molecule has 0 amide bonds. The van der Waals surface area contributed by atoms with Gasteiger partial charge >= 0.3 is 11.9 Å². The quantitative estimate of drug-likeness (QED) is 0.547. The molecule has 1 aliphatic rings. The van der Waals surface area contributed by atoms with E-state index >= 15 is 0 Å². The lowest BCUT2D eigenvalue weighted by Crippen LogP contribution is -2.55. The molecule has 0 bridgehead atoms. The molecular weight excluding hydrogens is 381 g/mol. The number of nitrogens with zero attached hydrogens (tertiary/aromatic N) is 1. The van der Waals surface area contributed by atoms with Gasteiger partial charge < -0.3 is 24.4 Å². The normalized spacial score (nSPS) is 17.9. The zero-order valence-electron chi connectivity index (χ0n) is 15.9. The first kappa shape index (κ1) is 22.0. The molecule has 1 N–H and O–H groups in total. The first-order chi connectivity index (χ1) is 13.3. The first-order valence-corrected chi connectivity index (χ1v) is 8.90. The molecule has 1 saturated heterocycles. The summed E-state index contributed by atoms with van der Waals surface area (Å²) in [6.07, 6.45) is -0.774. The third kappa shape index (κ3) is 4.56. The molecule has 0 aromatic heterocycles. The van der Waals surface area contributed by atoms with Crippen molar-refractivity contribution >= 4 is 17.6 Å². The summed E-state index contributed by atoms with van der Waals surface area (Å²) in [4.78, 5) is 25.0. The van der Waals surface area contributed by atoms with Crippen LogP contribution in [0.5, 0.6) is 0 Å². The van der Waals surface area contributed by atoms with E-state index in [0.717, 1.165) is 0 Å². The summed E-state index contributed by atoms with van der Waals surface area (Å²) in [5.74, 6) is -5.82. The number of esters is 2. The number of rotatable bonds is 7. The minimum atomic E-state index is -1.50. The van der Waals surface area contributed by atoms with Crippen LogP contribution in [-0.4, -0.2) is 64.0 Å². The number of halogens is 3. The standard InChI is InChI=1S/C18H23F3N2O5/c1-4-26-17(24)10-8-11(19)16(14(21)13(10)20)23-6-7-28-12(9-23)15(22-3)18(25)27-5-2/h8,12,15,22H,4-7,9H2,1-3H3. The zero-order valence-corrected chi connectivity index (χ0v) is 15.9. The van der Waals surface area contributed by atoms with E-state index in [-0.39, 0.29) is 32.9 Å². The lowest BCUT2D eigenvalue weighted by molar-refractivity contribution is -0.150. The van der Waals surface area contributed by atoms with Crippen LogP contribution in [0.25, 0.3) is 0 Å². The second-order valence-electron chi connectivity index (χ2n) is 5.98. The van der Waals surface area contributed by atoms with Crippen LogP contribution in [-0.2, 0) is 19.0 Å². The molecule has 0 saturated carbocycles. The molecule has 2 unspecified atom stereocenters. The van der Waals surface area contributed by atoms with Crippen LogP contribution < -0.4 is 10.2 Å². The van der Waals surface area contributed by atoms with Crippen molar-refractivity contribution < 1.29 is 37.0 Å². The molecule has 156 valence electrons. The highest BCUT2D eigenvalue weighted by Gasteiger charge is 2.36. The van der Waals surface area contributed by atoms with Crippen molar-refractivity contribution in [2.45, 2.75) is 26.0 Å². The highest BCUT2D eigenvalue weighted by Crippen LogP contribution is 2.30. The van der Waals surface area contributed by atoms with Gasteiger partial charge in [-0.25, -0.2) is 18.0 Å². The summed E-state index contributed by atoms with van der Waals surface area (Å²) >= 11 is 0. The first-order valence-electron chi connectivity index (χ1n) is 8.90. The molecule has 1 aromatic rings. The number of carbonyl (C=O) groups excluding carboxylic acids is 2. The fraction of sp³-hybridized carbons (Fsp3) is 0.556. The van der Waals surface area contributed by atoms with E-state index in [4.69, 9.17) is 9.47 Å². The molecule has 0 aliphatic carbocycles.